The summed E-state index contributed by atoms with van der Waals surface area (Å²) in [6.45, 7) is 4.52. The zero-order valence-electron chi connectivity index (χ0n) is 9.49. The molecule has 1 rings (SSSR count). The molecule has 0 saturated carbocycles. The van der Waals surface area contributed by atoms with E-state index in [1.54, 1.807) is 0 Å². The van der Waals surface area contributed by atoms with Crippen LogP contribution < -0.4 is 5.32 Å². The van der Waals surface area contributed by atoms with E-state index in [9.17, 15) is 4.79 Å². The van der Waals surface area contributed by atoms with Crippen LogP contribution in [-0.4, -0.2) is 50.2 Å². The van der Waals surface area contributed by atoms with Gasteiger partial charge in [-0.05, 0) is 26.8 Å². The first-order valence-corrected chi connectivity index (χ1v) is 5.31. The van der Waals surface area contributed by atoms with Crippen LogP contribution in [0, 0.1) is 0 Å². The largest absolute Gasteiger partial charge is 0.372 e. The third-order valence-electron chi connectivity index (χ3n) is 2.57. The molecular formula is C10H21ClN2O2. The Morgan fingerprint density at radius 1 is 1.60 bits per heavy atom. The highest BCUT2D eigenvalue weighted by molar-refractivity contribution is 5.85. The Balaban J connectivity index is 0.00000196. The first kappa shape index (κ1) is 14.7. The molecule has 1 amide bonds. The Morgan fingerprint density at radius 3 is 2.93 bits per heavy atom. The molecule has 1 N–H and O–H groups in total. The van der Waals surface area contributed by atoms with Crippen molar-refractivity contribution in [1.82, 2.24) is 10.2 Å². The Labute approximate surface area is 97.8 Å². The van der Waals surface area contributed by atoms with Crippen LogP contribution in [0.3, 0.4) is 0 Å². The van der Waals surface area contributed by atoms with Gasteiger partial charge in [-0.3, -0.25) is 4.79 Å². The van der Waals surface area contributed by atoms with Crippen molar-refractivity contribution in [3.8, 4) is 0 Å². The molecule has 0 bridgehead atoms. The van der Waals surface area contributed by atoms with Gasteiger partial charge in [-0.25, -0.2) is 0 Å². The minimum absolute atomic E-state index is 0. The number of amides is 1. The summed E-state index contributed by atoms with van der Waals surface area (Å²) < 4.78 is 5.12. The molecule has 0 radical (unpaired) electrons. The van der Waals surface area contributed by atoms with Crippen molar-refractivity contribution in [2.45, 2.75) is 25.8 Å². The minimum atomic E-state index is 0. The predicted octanol–water partition coefficient (Wildman–Crippen LogP) is 0.655. The van der Waals surface area contributed by atoms with E-state index in [4.69, 9.17) is 4.74 Å². The van der Waals surface area contributed by atoms with Crippen LogP contribution in [0.5, 0.6) is 0 Å². The van der Waals surface area contributed by atoms with Crippen molar-refractivity contribution < 1.29 is 9.53 Å². The van der Waals surface area contributed by atoms with E-state index >= 15 is 0 Å². The van der Waals surface area contributed by atoms with Crippen molar-refractivity contribution in [3.63, 3.8) is 0 Å². The normalized spacial score (nSPS) is 20.1. The Kier molecular flexibility index (Phi) is 7.74. The summed E-state index contributed by atoms with van der Waals surface area (Å²) in [5, 5.41) is 3.12. The first-order chi connectivity index (χ1) is 6.79. The molecule has 1 atom stereocenters. The van der Waals surface area contributed by atoms with Gasteiger partial charge in [0, 0.05) is 25.7 Å². The van der Waals surface area contributed by atoms with Gasteiger partial charge in [0.25, 0.3) is 0 Å². The van der Waals surface area contributed by atoms with Crippen LogP contribution in [-0.2, 0) is 9.53 Å². The Bertz CT molecular complexity index is 190. The van der Waals surface area contributed by atoms with E-state index in [1.165, 1.54) is 0 Å². The van der Waals surface area contributed by atoms with Crippen molar-refractivity contribution in [2.75, 3.05) is 33.4 Å². The highest BCUT2D eigenvalue weighted by atomic mass is 35.5. The summed E-state index contributed by atoms with van der Waals surface area (Å²) in [6.07, 6.45) is 2.23. The number of hydrogen-bond acceptors (Lipinski definition) is 3. The maximum atomic E-state index is 11.7. The summed E-state index contributed by atoms with van der Waals surface area (Å²) >= 11 is 0. The topological polar surface area (TPSA) is 41.6 Å². The molecular weight excluding hydrogens is 216 g/mol. The molecule has 5 heteroatoms. The van der Waals surface area contributed by atoms with Crippen molar-refractivity contribution in [2.24, 2.45) is 0 Å². The van der Waals surface area contributed by atoms with Crippen LogP contribution in [0.25, 0.3) is 0 Å². The second-order valence-electron chi connectivity index (χ2n) is 3.58. The molecule has 0 aliphatic carbocycles. The van der Waals surface area contributed by atoms with Crippen molar-refractivity contribution in [3.05, 3.63) is 0 Å². The highest BCUT2D eigenvalue weighted by Crippen LogP contribution is 2.16. The smallest absolute Gasteiger partial charge is 0.248 e. The van der Waals surface area contributed by atoms with Gasteiger partial charge < -0.3 is 15.0 Å². The molecule has 1 aliphatic rings. The summed E-state index contributed by atoms with van der Waals surface area (Å²) in [6, 6.07) is 0.368. The molecule has 0 spiro atoms. The zero-order chi connectivity index (χ0) is 10.4. The number of halogens is 1. The Hall–Kier alpha value is -0.320. The van der Waals surface area contributed by atoms with Crippen molar-refractivity contribution in [1.29, 1.82) is 0 Å². The minimum Gasteiger partial charge on any atom is -0.372 e. The number of nitrogens with one attached hydrogen (secondary N) is 1. The third kappa shape index (κ3) is 4.36. The fourth-order valence-corrected chi connectivity index (χ4v) is 1.88. The quantitative estimate of drug-likeness (QED) is 0.763. The standard InChI is InChI=1S/C10H20N2O2.ClH/c1-3-14-8-10(13)12-6-4-5-9(12)7-11-2;/h9,11H,3-8H2,1-2H3;1H. The summed E-state index contributed by atoms with van der Waals surface area (Å²) in [5.41, 5.74) is 0. The number of likely N-dealkylation sites (tertiary alicyclic amines) is 1. The average molecular weight is 237 g/mol. The van der Waals surface area contributed by atoms with Gasteiger partial charge in [0.1, 0.15) is 6.61 Å². The SMILES string of the molecule is CCOCC(=O)N1CCCC1CNC.Cl. The van der Waals surface area contributed by atoms with Gasteiger partial charge in [0.2, 0.25) is 5.91 Å². The number of rotatable bonds is 5. The number of carbonyl (C=O) groups is 1. The fourth-order valence-electron chi connectivity index (χ4n) is 1.88. The molecule has 1 aliphatic heterocycles. The average Bonchev–Trinajstić information content (AvgIpc) is 2.63. The predicted molar refractivity (Wildman–Crippen MR) is 62.4 cm³/mol. The maximum Gasteiger partial charge on any atom is 0.248 e. The van der Waals surface area contributed by atoms with E-state index < -0.39 is 0 Å². The van der Waals surface area contributed by atoms with E-state index in [0.717, 1.165) is 25.9 Å². The molecule has 0 aromatic rings. The second-order valence-corrected chi connectivity index (χ2v) is 3.58. The zero-order valence-corrected chi connectivity index (χ0v) is 10.3. The number of nitrogens with zero attached hydrogens (tertiary/aromatic N) is 1. The molecule has 1 fully saturated rings. The summed E-state index contributed by atoms with van der Waals surface area (Å²) in [7, 11) is 1.92. The molecule has 4 nitrogen and oxygen atoms in total. The van der Waals surface area contributed by atoms with E-state index in [0.29, 0.717) is 12.6 Å². The second kappa shape index (κ2) is 7.91. The number of carbonyl (C=O) groups excluding carboxylic acids is 1. The number of ether oxygens (including phenoxy) is 1. The lowest BCUT2D eigenvalue weighted by Crippen LogP contribution is -2.42. The summed E-state index contributed by atoms with van der Waals surface area (Å²) in [4.78, 5) is 13.6. The van der Waals surface area contributed by atoms with Gasteiger partial charge in [0.05, 0.1) is 0 Å². The van der Waals surface area contributed by atoms with Crippen LogP contribution >= 0.6 is 12.4 Å². The molecule has 1 unspecified atom stereocenters. The summed E-state index contributed by atoms with van der Waals surface area (Å²) in [5.74, 6) is 0.129. The lowest BCUT2D eigenvalue weighted by Gasteiger charge is -2.24. The van der Waals surface area contributed by atoms with E-state index in [-0.39, 0.29) is 24.9 Å². The first-order valence-electron chi connectivity index (χ1n) is 5.31. The fraction of sp³-hybridized carbons (Fsp3) is 0.900. The van der Waals surface area contributed by atoms with E-state index in [2.05, 4.69) is 5.32 Å². The molecule has 1 heterocycles. The Morgan fingerprint density at radius 2 is 2.33 bits per heavy atom. The highest BCUT2D eigenvalue weighted by Gasteiger charge is 2.27. The van der Waals surface area contributed by atoms with E-state index in [1.807, 2.05) is 18.9 Å². The number of hydrogen-bond donors (Lipinski definition) is 1. The van der Waals surface area contributed by atoms with Crippen LogP contribution in [0.4, 0.5) is 0 Å². The van der Waals surface area contributed by atoms with Crippen LogP contribution in [0.1, 0.15) is 19.8 Å². The lowest BCUT2D eigenvalue weighted by atomic mass is 10.2. The van der Waals surface area contributed by atoms with Crippen molar-refractivity contribution >= 4 is 18.3 Å². The number of likely N-dealkylation sites (N-methyl/N-ethyl adjacent to an activating group) is 1. The molecule has 90 valence electrons. The third-order valence-corrected chi connectivity index (χ3v) is 2.57. The maximum absolute atomic E-state index is 11.7. The molecule has 1 saturated heterocycles. The molecule has 15 heavy (non-hydrogen) atoms. The molecule has 0 aromatic carbocycles. The van der Waals surface area contributed by atoms with Gasteiger partial charge in [-0.1, -0.05) is 0 Å². The van der Waals surface area contributed by atoms with Crippen LogP contribution in [0.15, 0.2) is 0 Å². The van der Waals surface area contributed by atoms with Gasteiger partial charge in [0.15, 0.2) is 0 Å². The van der Waals surface area contributed by atoms with Crippen LogP contribution in [0.2, 0.25) is 0 Å². The van der Waals surface area contributed by atoms with Gasteiger partial charge >= 0.3 is 0 Å². The monoisotopic (exact) mass is 236 g/mol. The van der Waals surface area contributed by atoms with Gasteiger partial charge in [-0.15, -0.1) is 12.4 Å². The lowest BCUT2D eigenvalue weighted by molar-refractivity contribution is -0.136. The van der Waals surface area contributed by atoms with Gasteiger partial charge in [-0.2, -0.15) is 0 Å². The molecule has 0 aromatic heterocycles.